The smallest absolute Gasteiger partial charge is 0.231 e. The van der Waals surface area contributed by atoms with Crippen molar-refractivity contribution in [3.8, 4) is 5.75 Å². The molecule has 4 heteroatoms. The van der Waals surface area contributed by atoms with Crippen molar-refractivity contribution < 1.29 is 9.53 Å². The second kappa shape index (κ2) is 6.41. The molecule has 0 unspecified atom stereocenters. The molecule has 1 amide bonds. The van der Waals surface area contributed by atoms with E-state index < -0.39 is 0 Å². The Balaban J connectivity index is 1.68. The molecular formula is C18H18ClNO2. The second-order valence-corrected chi connectivity index (χ2v) is 5.94. The number of nitrogens with one attached hydrogen (secondary N) is 1. The maximum Gasteiger partial charge on any atom is 0.231 e. The highest BCUT2D eigenvalue weighted by atomic mass is 35.5. The minimum Gasteiger partial charge on any atom is -0.492 e. The van der Waals surface area contributed by atoms with Crippen LogP contribution >= 0.6 is 11.6 Å². The number of hydrogen-bond donors (Lipinski definition) is 1. The lowest BCUT2D eigenvalue weighted by Crippen LogP contribution is -2.32. The van der Waals surface area contributed by atoms with Crippen LogP contribution in [0.2, 0.25) is 5.02 Å². The van der Waals surface area contributed by atoms with Crippen molar-refractivity contribution in [2.75, 3.05) is 11.9 Å². The third-order valence-electron chi connectivity index (χ3n) is 3.93. The fourth-order valence-corrected chi connectivity index (χ4v) is 2.79. The van der Waals surface area contributed by atoms with Gasteiger partial charge in [-0.05, 0) is 54.3 Å². The first-order valence-corrected chi connectivity index (χ1v) is 7.84. The molecule has 0 saturated heterocycles. The molecule has 0 aliphatic carbocycles. The number of benzene rings is 2. The maximum atomic E-state index is 12.4. The molecule has 0 saturated carbocycles. The number of carbonyl (C=O) groups is 1. The third kappa shape index (κ3) is 3.25. The molecule has 0 spiro atoms. The summed E-state index contributed by atoms with van der Waals surface area (Å²) in [5.74, 6) is 0.604. The molecule has 2 aromatic rings. The lowest BCUT2D eigenvalue weighted by Gasteiger charge is -2.24. The monoisotopic (exact) mass is 315 g/mol. The number of anilines is 1. The highest BCUT2D eigenvalue weighted by Gasteiger charge is 2.26. The Labute approximate surface area is 135 Å². The SMILES string of the molecule is CCc1ccc(NC(=O)[C@@H]2COc3ccc(Cl)cc3C2)cc1. The van der Waals surface area contributed by atoms with Crippen LogP contribution in [-0.4, -0.2) is 12.5 Å². The minimum atomic E-state index is -0.197. The lowest BCUT2D eigenvalue weighted by molar-refractivity contribution is -0.121. The highest BCUT2D eigenvalue weighted by molar-refractivity contribution is 6.30. The Morgan fingerprint density at radius 1 is 1.27 bits per heavy atom. The molecule has 3 rings (SSSR count). The van der Waals surface area contributed by atoms with Crippen LogP contribution in [0.4, 0.5) is 5.69 Å². The zero-order valence-corrected chi connectivity index (χ0v) is 13.2. The molecule has 1 atom stereocenters. The molecule has 1 heterocycles. The largest absolute Gasteiger partial charge is 0.492 e. The van der Waals surface area contributed by atoms with Gasteiger partial charge in [0.1, 0.15) is 12.4 Å². The van der Waals surface area contributed by atoms with E-state index in [1.54, 1.807) is 6.07 Å². The molecule has 0 bridgehead atoms. The van der Waals surface area contributed by atoms with Crippen LogP contribution in [0.3, 0.4) is 0 Å². The van der Waals surface area contributed by atoms with Crippen LogP contribution in [-0.2, 0) is 17.6 Å². The van der Waals surface area contributed by atoms with E-state index in [2.05, 4.69) is 12.2 Å². The van der Waals surface area contributed by atoms with E-state index in [4.69, 9.17) is 16.3 Å². The maximum absolute atomic E-state index is 12.4. The van der Waals surface area contributed by atoms with E-state index in [0.29, 0.717) is 18.1 Å². The van der Waals surface area contributed by atoms with Crippen LogP contribution in [0.1, 0.15) is 18.1 Å². The Bertz CT molecular complexity index is 682. The van der Waals surface area contributed by atoms with Crippen LogP contribution in [0.25, 0.3) is 0 Å². The molecule has 22 heavy (non-hydrogen) atoms. The topological polar surface area (TPSA) is 38.3 Å². The number of amides is 1. The van der Waals surface area contributed by atoms with Crippen LogP contribution in [0.15, 0.2) is 42.5 Å². The zero-order valence-electron chi connectivity index (χ0n) is 12.4. The molecule has 1 N–H and O–H groups in total. The first-order chi connectivity index (χ1) is 10.7. The van der Waals surface area contributed by atoms with E-state index in [9.17, 15) is 4.79 Å². The Hall–Kier alpha value is -2.00. The zero-order chi connectivity index (χ0) is 15.5. The van der Waals surface area contributed by atoms with E-state index in [1.165, 1.54) is 5.56 Å². The number of fused-ring (bicyclic) bond motifs is 1. The summed E-state index contributed by atoms with van der Waals surface area (Å²) in [7, 11) is 0. The molecule has 1 aliphatic rings. The van der Waals surface area contributed by atoms with Gasteiger partial charge in [0.2, 0.25) is 5.91 Å². The van der Waals surface area contributed by atoms with Gasteiger partial charge in [0, 0.05) is 10.7 Å². The molecule has 0 fully saturated rings. The number of hydrogen-bond acceptors (Lipinski definition) is 2. The van der Waals surface area contributed by atoms with E-state index in [-0.39, 0.29) is 11.8 Å². The summed E-state index contributed by atoms with van der Waals surface area (Å²) in [6.07, 6.45) is 1.64. The summed E-state index contributed by atoms with van der Waals surface area (Å²) in [5, 5.41) is 3.62. The van der Waals surface area contributed by atoms with Crippen molar-refractivity contribution in [2.24, 2.45) is 5.92 Å². The van der Waals surface area contributed by atoms with Gasteiger partial charge >= 0.3 is 0 Å². The van der Waals surface area contributed by atoms with Gasteiger partial charge in [-0.3, -0.25) is 4.79 Å². The minimum absolute atomic E-state index is 0.0186. The second-order valence-electron chi connectivity index (χ2n) is 5.50. The van der Waals surface area contributed by atoms with Gasteiger partial charge in [0.25, 0.3) is 0 Å². The van der Waals surface area contributed by atoms with Crippen molar-refractivity contribution in [1.29, 1.82) is 0 Å². The van der Waals surface area contributed by atoms with Crippen molar-refractivity contribution >= 4 is 23.2 Å². The molecule has 3 nitrogen and oxygen atoms in total. The highest BCUT2D eigenvalue weighted by Crippen LogP contribution is 2.30. The molecule has 1 aliphatic heterocycles. The number of carbonyl (C=O) groups excluding carboxylic acids is 1. The number of halogens is 1. The first kappa shape index (κ1) is 14.9. The summed E-state index contributed by atoms with van der Waals surface area (Å²) in [6.45, 7) is 2.50. The number of aryl methyl sites for hydroxylation is 1. The van der Waals surface area contributed by atoms with Crippen molar-refractivity contribution in [3.63, 3.8) is 0 Å². The molecule has 2 aromatic carbocycles. The molecule has 0 aromatic heterocycles. The summed E-state index contributed by atoms with van der Waals surface area (Å²) in [5.41, 5.74) is 3.06. The van der Waals surface area contributed by atoms with Crippen molar-refractivity contribution in [2.45, 2.75) is 19.8 Å². The quantitative estimate of drug-likeness (QED) is 0.926. The average Bonchev–Trinajstić information content (AvgIpc) is 2.54. The Morgan fingerprint density at radius 3 is 2.77 bits per heavy atom. The van der Waals surface area contributed by atoms with Gasteiger partial charge in [0.15, 0.2) is 0 Å². The van der Waals surface area contributed by atoms with Gasteiger partial charge in [-0.1, -0.05) is 30.7 Å². The van der Waals surface area contributed by atoms with Gasteiger partial charge in [-0.25, -0.2) is 0 Å². The number of ether oxygens (including phenoxy) is 1. The van der Waals surface area contributed by atoms with Crippen LogP contribution in [0.5, 0.6) is 5.75 Å². The third-order valence-corrected chi connectivity index (χ3v) is 4.16. The summed E-state index contributed by atoms with van der Waals surface area (Å²) < 4.78 is 5.67. The first-order valence-electron chi connectivity index (χ1n) is 7.46. The lowest BCUT2D eigenvalue weighted by atomic mass is 9.96. The predicted molar refractivity (Wildman–Crippen MR) is 88.6 cm³/mol. The normalized spacial score (nSPS) is 16.5. The fraction of sp³-hybridized carbons (Fsp3) is 0.278. The van der Waals surface area contributed by atoms with Crippen molar-refractivity contribution in [3.05, 3.63) is 58.6 Å². The molecule has 114 valence electrons. The molecule has 0 radical (unpaired) electrons. The van der Waals surface area contributed by atoms with Crippen molar-refractivity contribution in [1.82, 2.24) is 0 Å². The average molecular weight is 316 g/mol. The van der Waals surface area contributed by atoms with E-state index in [1.807, 2.05) is 36.4 Å². The summed E-state index contributed by atoms with van der Waals surface area (Å²) >= 11 is 6.01. The standard InChI is InChI=1S/C18H18ClNO2/c1-2-12-3-6-16(7-4-12)20-18(21)14-9-13-10-15(19)5-8-17(13)22-11-14/h3-8,10,14H,2,9,11H2,1H3,(H,20,21)/t14-/m0/s1. The molecular weight excluding hydrogens is 298 g/mol. The summed E-state index contributed by atoms with van der Waals surface area (Å²) in [4.78, 5) is 12.4. The fourth-order valence-electron chi connectivity index (χ4n) is 2.60. The van der Waals surface area contributed by atoms with Gasteiger partial charge in [0.05, 0.1) is 5.92 Å². The van der Waals surface area contributed by atoms with Gasteiger partial charge < -0.3 is 10.1 Å². The van der Waals surface area contributed by atoms with Gasteiger partial charge in [-0.15, -0.1) is 0 Å². The van der Waals surface area contributed by atoms with E-state index >= 15 is 0 Å². The Morgan fingerprint density at radius 2 is 2.05 bits per heavy atom. The van der Waals surface area contributed by atoms with E-state index in [0.717, 1.165) is 23.4 Å². The van der Waals surface area contributed by atoms with Gasteiger partial charge in [-0.2, -0.15) is 0 Å². The van der Waals surface area contributed by atoms with Crippen LogP contribution < -0.4 is 10.1 Å². The Kier molecular flexibility index (Phi) is 4.34. The number of rotatable bonds is 3. The predicted octanol–water partition coefficient (Wildman–Crippen LogP) is 4.09. The van der Waals surface area contributed by atoms with Crippen LogP contribution in [0, 0.1) is 5.92 Å². The summed E-state index contributed by atoms with van der Waals surface area (Å²) in [6, 6.07) is 13.5.